The van der Waals surface area contributed by atoms with Crippen molar-refractivity contribution < 1.29 is 27.5 Å². The van der Waals surface area contributed by atoms with Gasteiger partial charge in [0, 0.05) is 38.4 Å². The lowest BCUT2D eigenvalue weighted by molar-refractivity contribution is -0.151. The third-order valence-electron chi connectivity index (χ3n) is 5.38. The standard InChI is InChI=1S/C23H27N3O6S/c1-4-16-5-9-19(10-6-16)26-14-17(13-22(26)28)23(29)32-15-21(27)24-18-7-11-20(12-8-18)33(30,31)25(2)3/h5-12,17H,4,13-15H2,1-3H3,(H,24,27)/t17-/m0/s1. The largest absolute Gasteiger partial charge is 0.455 e. The molecule has 0 aliphatic carbocycles. The van der Waals surface area contributed by atoms with E-state index in [1.165, 1.54) is 38.4 Å². The van der Waals surface area contributed by atoms with Crippen molar-refractivity contribution in [2.24, 2.45) is 5.92 Å². The van der Waals surface area contributed by atoms with Gasteiger partial charge in [0.2, 0.25) is 15.9 Å². The highest BCUT2D eigenvalue weighted by atomic mass is 32.2. The molecule has 1 fully saturated rings. The second-order valence-corrected chi connectivity index (χ2v) is 10.0. The number of hydrogen-bond acceptors (Lipinski definition) is 6. The fourth-order valence-corrected chi connectivity index (χ4v) is 4.30. The average molecular weight is 474 g/mol. The number of anilines is 2. The summed E-state index contributed by atoms with van der Waals surface area (Å²) < 4.78 is 30.4. The molecule has 2 aromatic rings. The number of nitrogens with zero attached hydrogens (tertiary/aromatic N) is 2. The number of amides is 2. The zero-order chi connectivity index (χ0) is 24.2. The molecule has 176 valence electrons. The van der Waals surface area contributed by atoms with Gasteiger partial charge in [0.05, 0.1) is 10.8 Å². The fraction of sp³-hybridized carbons (Fsp3) is 0.348. The molecule has 2 amide bonds. The molecule has 1 aliphatic rings. The number of esters is 1. The predicted molar refractivity (Wildman–Crippen MR) is 123 cm³/mol. The Morgan fingerprint density at radius 3 is 2.30 bits per heavy atom. The van der Waals surface area contributed by atoms with Crippen LogP contribution in [0.3, 0.4) is 0 Å². The smallest absolute Gasteiger partial charge is 0.311 e. The quantitative estimate of drug-likeness (QED) is 0.587. The van der Waals surface area contributed by atoms with Crippen LogP contribution in [0.15, 0.2) is 53.4 Å². The van der Waals surface area contributed by atoms with Crippen molar-refractivity contribution in [2.45, 2.75) is 24.7 Å². The third-order valence-corrected chi connectivity index (χ3v) is 7.21. The highest BCUT2D eigenvalue weighted by Crippen LogP contribution is 2.26. The molecule has 1 heterocycles. The number of carbonyl (C=O) groups is 3. The molecule has 0 saturated carbocycles. The summed E-state index contributed by atoms with van der Waals surface area (Å²) in [5, 5.41) is 2.55. The van der Waals surface area contributed by atoms with Crippen molar-refractivity contribution in [2.75, 3.05) is 37.5 Å². The maximum Gasteiger partial charge on any atom is 0.311 e. The van der Waals surface area contributed by atoms with Gasteiger partial charge in [-0.25, -0.2) is 12.7 Å². The first-order chi connectivity index (χ1) is 15.6. The first kappa shape index (κ1) is 24.4. The van der Waals surface area contributed by atoms with E-state index in [0.717, 1.165) is 22.0 Å². The second kappa shape index (κ2) is 10.1. The van der Waals surface area contributed by atoms with Crippen LogP contribution < -0.4 is 10.2 Å². The molecule has 1 saturated heterocycles. The van der Waals surface area contributed by atoms with Gasteiger partial charge in [-0.2, -0.15) is 0 Å². The Bertz CT molecular complexity index is 1130. The number of rotatable bonds is 8. The second-order valence-electron chi connectivity index (χ2n) is 7.89. The van der Waals surface area contributed by atoms with Gasteiger partial charge in [-0.3, -0.25) is 14.4 Å². The minimum atomic E-state index is -3.57. The summed E-state index contributed by atoms with van der Waals surface area (Å²) in [4.78, 5) is 38.5. The molecule has 0 spiro atoms. The minimum Gasteiger partial charge on any atom is -0.455 e. The molecule has 1 N–H and O–H groups in total. The van der Waals surface area contributed by atoms with E-state index in [1.807, 2.05) is 31.2 Å². The van der Waals surface area contributed by atoms with Gasteiger partial charge in [0.1, 0.15) is 0 Å². The Morgan fingerprint density at radius 2 is 1.73 bits per heavy atom. The molecule has 0 bridgehead atoms. The lowest BCUT2D eigenvalue weighted by atomic mass is 10.1. The van der Waals surface area contributed by atoms with Gasteiger partial charge >= 0.3 is 5.97 Å². The topological polar surface area (TPSA) is 113 Å². The van der Waals surface area contributed by atoms with Gasteiger partial charge < -0.3 is 15.0 Å². The van der Waals surface area contributed by atoms with Crippen LogP contribution in [-0.4, -0.2) is 57.8 Å². The summed E-state index contributed by atoms with van der Waals surface area (Å²) in [6, 6.07) is 13.3. The zero-order valence-corrected chi connectivity index (χ0v) is 19.6. The number of sulfonamides is 1. The van der Waals surface area contributed by atoms with Crippen molar-refractivity contribution in [1.82, 2.24) is 4.31 Å². The van der Waals surface area contributed by atoms with Gasteiger partial charge in [-0.05, 0) is 48.4 Å². The predicted octanol–water partition coefficient (Wildman–Crippen LogP) is 2.03. The first-order valence-corrected chi connectivity index (χ1v) is 11.9. The molecule has 0 unspecified atom stereocenters. The maximum absolute atomic E-state index is 12.4. The van der Waals surface area contributed by atoms with E-state index in [9.17, 15) is 22.8 Å². The molecule has 3 rings (SSSR count). The Morgan fingerprint density at radius 1 is 1.09 bits per heavy atom. The number of carbonyl (C=O) groups excluding carboxylic acids is 3. The van der Waals surface area contributed by atoms with E-state index in [-0.39, 0.29) is 23.8 Å². The zero-order valence-electron chi connectivity index (χ0n) is 18.8. The number of ether oxygens (including phenoxy) is 1. The van der Waals surface area contributed by atoms with Gasteiger partial charge in [0.15, 0.2) is 6.61 Å². The van der Waals surface area contributed by atoms with Crippen molar-refractivity contribution in [3.05, 3.63) is 54.1 Å². The maximum atomic E-state index is 12.4. The third kappa shape index (κ3) is 5.77. The van der Waals surface area contributed by atoms with Crippen LogP contribution in [0, 0.1) is 5.92 Å². The van der Waals surface area contributed by atoms with Crippen LogP contribution in [-0.2, 0) is 35.6 Å². The van der Waals surface area contributed by atoms with Crippen molar-refractivity contribution in [3.8, 4) is 0 Å². The first-order valence-electron chi connectivity index (χ1n) is 10.5. The number of hydrogen-bond donors (Lipinski definition) is 1. The van der Waals surface area contributed by atoms with E-state index in [4.69, 9.17) is 4.74 Å². The number of aryl methyl sites for hydroxylation is 1. The van der Waals surface area contributed by atoms with Crippen LogP contribution >= 0.6 is 0 Å². The van der Waals surface area contributed by atoms with Crippen LogP contribution in [0.5, 0.6) is 0 Å². The Balaban J connectivity index is 1.51. The molecule has 1 aliphatic heterocycles. The van der Waals surface area contributed by atoms with Crippen molar-refractivity contribution in [1.29, 1.82) is 0 Å². The van der Waals surface area contributed by atoms with E-state index < -0.39 is 34.4 Å². The molecule has 0 aromatic heterocycles. The summed E-state index contributed by atoms with van der Waals surface area (Å²) in [5.41, 5.74) is 2.25. The highest BCUT2D eigenvalue weighted by Gasteiger charge is 2.36. The molecule has 2 aromatic carbocycles. The molecule has 1 atom stereocenters. The molecule has 33 heavy (non-hydrogen) atoms. The van der Waals surface area contributed by atoms with E-state index in [2.05, 4.69) is 5.32 Å². The Kier molecular flexibility index (Phi) is 7.50. The van der Waals surface area contributed by atoms with E-state index in [1.54, 1.807) is 4.90 Å². The minimum absolute atomic E-state index is 0.0256. The SMILES string of the molecule is CCc1ccc(N2C[C@@H](C(=O)OCC(=O)Nc3ccc(S(=O)(=O)N(C)C)cc3)CC2=O)cc1. The fourth-order valence-electron chi connectivity index (χ4n) is 3.40. The average Bonchev–Trinajstić information content (AvgIpc) is 3.19. The molecule has 9 nitrogen and oxygen atoms in total. The van der Waals surface area contributed by atoms with Crippen LogP contribution in [0.4, 0.5) is 11.4 Å². The summed E-state index contributed by atoms with van der Waals surface area (Å²) in [7, 11) is -0.708. The normalized spacial score (nSPS) is 16.2. The summed E-state index contributed by atoms with van der Waals surface area (Å²) in [6.07, 6.45) is 0.919. The molecular weight excluding hydrogens is 446 g/mol. The lowest BCUT2D eigenvalue weighted by Crippen LogP contribution is -2.28. The van der Waals surface area contributed by atoms with Crippen LogP contribution in [0.25, 0.3) is 0 Å². The number of nitrogens with one attached hydrogen (secondary N) is 1. The molecule has 10 heteroatoms. The summed E-state index contributed by atoms with van der Waals surface area (Å²) in [6.45, 7) is 1.74. The van der Waals surface area contributed by atoms with Crippen LogP contribution in [0.2, 0.25) is 0 Å². The van der Waals surface area contributed by atoms with E-state index in [0.29, 0.717) is 5.69 Å². The lowest BCUT2D eigenvalue weighted by Gasteiger charge is -2.17. The monoisotopic (exact) mass is 473 g/mol. The molecular formula is C23H27N3O6S. The Hall–Kier alpha value is -3.24. The highest BCUT2D eigenvalue weighted by molar-refractivity contribution is 7.89. The number of benzene rings is 2. The van der Waals surface area contributed by atoms with Crippen molar-refractivity contribution in [3.63, 3.8) is 0 Å². The van der Waals surface area contributed by atoms with E-state index >= 15 is 0 Å². The van der Waals surface area contributed by atoms with Crippen LogP contribution in [0.1, 0.15) is 18.9 Å². The Labute approximate surface area is 193 Å². The summed E-state index contributed by atoms with van der Waals surface area (Å²) in [5.74, 6) is -1.99. The van der Waals surface area contributed by atoms with Gasteiger partial charge in [-0.15, -0.1) is 0 Å². The van der Waals surface area contributed by atoms with Gasteiger partial charge in [0.25, 0.3) is 5.91 Å². The van der Waals surface area contributed by atoms with Gasteiger partial charge in [-0.1, -0.05) is 19.1 Å². The van der Waals surface area contributed by atoms with Crippen molar-refractivity contribution >= 4 is 39.2 Å². The summed E-state index contributed by atoms with van der Waals surface area (Å²) >= 11 is 0. The molecule has 0 radical (unpaired) electrons.